The number of carbonyl (C=O) groups is 1. The summed E-state index contributed by atoms with van der Waals surface area (Å²) in [6.45, 7) is 5.88. The van der Waals surface area contributed by atoms with Gasteiger partial charge in [0.05, 0.1) is 6.10 Å². The molecule has 2 nitrogen and oxygen atoms in total. The molecule has 0 spiro atoms. The van der Waals surface area contributed by atoms with Gasteiger partial charge in [0, 0.05) is 12.3 Å². The van der Waals surface area contributed by atoms with Gasteiger partial charge in [-0.15, -0.1) is 0 Å². The molecular formula is C10H18O2. The molecule has 12 heavy (non-hydrogen) atoms. The zero-order chi connectivity index (χ0) is 9.30. The van der Waals surface area contributed by atoms with Crippen molar-refractivity contribution in [3.63, 3.8) is 0 Å². The van der Waals surface area contributed by atoms with Crippen molar-refractivity contribution < 1.29 is 9.90 Å². The SMILES string of the molecule is CC1CC(=O)C(C(C)O)C(C)C1. The smallest absolute Gasteiger partial charge is 0.139 e. The van der Waals surface area contributed by atoms with Crippen LogP contribution in [0.5, 0.6) is 0 Å². The number of Topliss-reactive ketones (excluding diaryl/α,β-unsaturated/α-hetero) is 1. The molecule has 4 unspecified atom stereocenters. The van der Waals surface area contributed by atoms with Crippen LogP contribution in [0.2, 0.25) is 0 Å². The second kappa shape index (κ2) is 3.56. The Balaban J connectivity index is 2.67. The first-order chi connectivity index (χ1) is 5.52. The summed E-state index contributed by atoms with van der Waals surface area (Å²) in [7, 11) is 0. The Labute approximate surface area is 74.0 Å². The summed E-state index contributed by atoms with van der Waals surface area (Å²) >= 11 is 0. The lowest BCUT2D eigenvalue weighted by molar-refractivity contribution is -0.132. The van der Waals surface area contributed by atoms with E-state index in [1.54, 1.807) is 6.92 Å². The van der Waals surface area contributed by atoms with Crippen LogP contribution in [-0.2, 0) is 4.79 Å². The van der Waals surface area contributed by atoms with Gasteiger partial charge in [-0.2, -0.15) is 0 Å². The van der Waals surface area contributed by atoms with E-state index in [2.05, 4.69) is 13.8 Å². The highest BCUT2D eigenvalue weighted by molar-refractivity contribution is 5.82. The highest BCUT2D eigenvalue weighted by atomic mass is 16.3. The van der Waals surface area contributed by atoms with Gasteiger partial charge in [0.1, 0.15) is 5.78 Å². The molecule has 1 fully saturated rings. The molecule has 70 valence electrons. The minimum absolute atomic E-state index is 0.110. The largest absolute Gasteiger partial charge is 0.393 e. The van der Waals surface area contributed by atoms with Crippen LogP contribution in [-0.4, -0.2) is 17.0 Å². The van der Waals surface area contributed by atoms with Crippen LogP contribution in [0.15, 0.2) is 0 Å². The molecule has 0 aromatic heterocycles. The highest BCUT2D eigenvalue weighted by Gasteiger charge is 2.34. The Morgan fingerprint density at radius 3 is 2.50 bits per heavy atom. The molecule has 2 heteroatoms. The fourth-order valence-corrected chi connectivity index (χ4v) is 2.41. The van der Waals surface area contributed by atoms with E-state index in [1.165, 1.54) is 0 Å². The summed E-state index contributed by atoms with van der Waals surface area (Å²) < 4.78 is 0. The Morgan fingerprint density at radius 1 is 1.50 bits per heavy atom. The standard InChI is InChI=1S/C10H18O2/c1-6-4-7(2)10(8(3)11)9(12)5-6/h6-8,10-11H,4-5H2,1-3H3. The first kappa shape index (κ1) is 9.72. The number of rotatable bonds is 1. The lowest BCUT2D eigenvalue weighted by atomic mass is 9.73. The third kappa shape index (κ3) is 1.86. The van der Waals surface area contributed by atoms with E-state index in [-0.39, 0.29) is 11.7 Å². The topological polar surface area (TPSA) is 37.3 Å². The van der Waals surface area contributed by atoms with Gasteiger partial charge in [-0.05, 0) is 25.2 Å². The van der Waals surface area contributed by atoms with E-state index in [0.717, 1.165) is 6.42 Å². The van der Waals surface area contributed by atoms with Gasteiger partial charge in [-0.3, -0.25) is 4.79 Å². The van der Waals surface area contributed by atoms with Gasteiger partial charge < -0.3 is 5.11 Å². The second-order valence-corrected chi connectivity index (χ2v) is 4.25. The molecule has 1 saturated carbocycles. The number of carbonyl (C=O) groups excluding carboxylic acids is 1. The number of hydrogen-bond donors (Lipinski definition) is 1. The van der Waals surface area contributed by atoms with E-state index in [9.17, 15) is 9.90 Å². The summed E-state index contributed by atoms with van der Waals surface area (Å²) in [6, 6.07) is 0. The monoisotopic (exact) mass is 170 g/mol. The molecule has 1 rings (SSSR count). The quantitative estimate of drug-likeness (QED) is 0.649. The Kier molecular flexibility index (Phi) is 2.89. The normalized spacial score (nSPS) is 39.7. The van der Waals surface area contributed by atoms with E-state index in [4.69, 9.17) is 0 Å². The van der Waals surface area contributed by atoms with Crippen molar-refractivity contribution >= 4 is 5.78 Å². The van der Waals surface area contributed by atoms with E-state index in [1.807, 2.05) is 0 Å². The molecule has 0 bridgehead atoms. The minimum atomic E-state index is -0.472. The molecule has 1 aliphatic carbocycles. The number of hydrogen-bond acceptors (Lipinski definition) is 2. The molecule has 0 saturated heterocycles. The highest BCUT2D eigenvalue weighted by Crippen LogP contribution is 2.32. The lowest BCUT2D eigenvalue weighted by Crippen LogP contribution is -2.37. The number of aliphatic hydroxyl groups excluding tert-OH is 1. The van der Waals surface area contributed by atoms with Gasteiger partial charge in [0.25, 0.3) is 0 Å². The molecule has 1 aliphatic rings. The molecule has 0 heterocycles. The zero-order valence-corrected chi connectivity index (χ0v) is 8.08. The van der Waals surface area contributed by atoms with Gasteiger partial charge in [0.15, 0.2) is 0 Å². The predicted molar refractivity (Wildman–Crippen MR) is 47.7 cm³/mol. The zero-order valence-electron chi connectivity index (χ0n) is 8.08. The number of ketones is 1. The maximum absolute atomic E-state index is 11.5. The van der Waals surface area contributed by atoms with E-state index >= 15 is 0 Å². The minimum Gasteiger partial charge on any atom is -0.393 e. The van der Waals surface area contributed by atoms with Crippen molar-refractivity contribution in [2.75, 3.05) is 0 Å². The van der Waals surface area contributed by atoms with E-state index in [0.29, 0.717) is 18.3 Å². The van der Waals surface area contributed by atoms with Crippen molar-refractivity contribution in [3.8, 4) is 0 Å². The maximum Gasteiger partial charge on any atom is 0.139 e. The first-order valence-electron chi connectivity index (χ1n) is 4.73. The average molecular weight is 170 g/mol. The summed E-state index contributed by atoms with van der Waals surface area (Å²) in [5, 5.41) is 9.38. The lowest BCUT2D eigenvalue weighted by Gasteiger charge is -2.32. The van der Waals surface area contributed by atoms with Crippen LogP contribution in [0, 0.1) is 17.8 Å². The molecule has 4 atom stereocenters. The van der Waals surface area contributed by atoms with Gasteiger partial charge in [-0.25, -0.2) is 0 Å². The molecule has 0 aromatic rings. The molecule has 0 radical (unpaired) electrons. The fourth-order valence-electron chi connectivity index (χ4n) is 2.41. The van der Waals surface area contributed by atoms with Crippen LogP contribution in [0.3, 0.4) is 0 Å². The third-order valence-electron chi connectivity index (χ3n) is 2.83. The Morgan fingerprint density at radius 2 is 2.08 bits per heavy atom. The molecular weight excluding hydrogens is 152 g/mol. The average Bonchev–Trinajstić information content (AvgIpc) is 1.82. The van der Waals surface area contributed by atoms with Crippen molar-refractivity contribution in [2.45, 2.75) is 39.7 Å². The molecule has 0 aliphatic heterocycles. The second-order valence-electron chi connectivity index (χ2n) is 4.25. The summed E-state index contributed by atoms with van der Waals surface area (Å²) in [4.78, 5) is 11.5. The summed E-state index contributed by atoms with van der Waals surface area (Å²) in [5.74, 6) is 0.987. The number of aliphatic hydroxyl groups is 1. The van der Waals surface area contributed by atoms with Gasteiger partial charge in [0.2, 0.25) is 0 Å². The van der Waals surface area contributed by atoms with Crippen molar-refractivity contribution in [1.29, 1.82) is 0 Å². The summed E-state index contributed by atoms with van der Waals surface area (Å²) in [5.41, 5.74) is 0. The van der Waals surface area contributed by atoms with Crippen molar-refractivity contribution in [3.05, 3.63) is 0 Å². The summed E-state index contributed by atoms with van der Waals surface area (Å²) in [6.07, 6.45) is 1.25. The van der Waals surface area contributed by atoms with Gasteiger partial charge in [-0.1, -0.05) is 13.8 Å². The van der Waals surface area contributed by atoms with E-state index < -0.39 is 6.10 Å². The van der Waals surface area contributed by atoms with Crippen LogP contribution in [0.4, 0.5) is 0 Å². The van der Waals surface area contributed by atoms with Crippen molar-refractivity contribution in [1.82, 2.24) is 0 Å². The molecule has 0 amide bonds. The first-order valence-corrected chi connectivity index (χ1v) is 4.73. The molecule has 1 N–H and O–H groups in total. The Bertz CT molecular complexity index is 175. The van der Waals surface area contributed by atoms with Crippen LogP contribution in [0.25, 0.3) is 0 Å². The fraction of sp³-hybridized carbons (Fsp3) is 0.900. The third-order valence-corrected chi connectivity index (χ3v) is 2.83. The van der Waals surface area contributed by atoms with Crippen LogP contribution in [0.1, 0.15) is 33.6 Å². The van der Waals surface area contributed by atoms with Crippen molar-refractivity contribution in [2.24, 2.45) is 17.8 Å². The Hall–Kier alpha value is -0.370. The van der Waals surface area contributed by atoms with Crippen LogP contribution < -0.4 is 0 Å². The van der Waals surface area contributed by atoms with Crippen LogP contribution >= 0.6 is 0 Å². The molecule has 0 aromatic carbocycles. The maximum atomic E-state index is 11.5. The van der Waals surface area contributed by atoms with Gasteiger partial charge >= 0.3 is 0 Å². The predicted octanol–water partition coefficient (Wildman–Crippen LogP) is 1.62.